The van der Waals surface area contributed by atoms with Crippen molar-refractivity contribution < 1.29 is 0 Å². The summed E-state index contributed by atoms with van der Waals surface area (Å²) in [6.45, 7) is 13.6. The largest absolute Gasteiger partial charge is 0.251 e. The van der Waals surface area contributed by atoms with Crippen LogP contribution in [0.3, 0.4) is 0 Å². The second-order valence-electron chi connectivity index (χ2n) is 12.8. The molecule has 0 radical (unpaired) electrons. The Hall–Kier alpha value is -2.48. The van der Waals surface area contributed by atoms with Gasteiger partial charge in [0.25, 0.3) is 0 Å². The smallest absolute Gasteiger partial charge is 0.0848 e. The molecule has 2 nitrogen and oxygen atoms in total. The first-order chi connectivity index (χ1) is 21.6. The zero-order valence-corrected chi connectivity index (χ0v) is 29.7. The van der Waals surface area contributed by atoms with Gasteiger partial charge in [-0.15, -0.1) is 0 Å². The number of benzene rings is 2. The molecule has 0 fully saturated rings. The van der Waals surface area contributed by atoms with E-state index >= 15 is 0 Å². The molecule has 0 unspecified atom stereocenters. The maximum absolute atomic E-state index is 5.42. The SMILES string of the molecule is CCC=CC(=Nc1cc(CCCCC)cc(CCCCC)c1)C(CCCC)=Nc1cc(CCCCC)cc(CCCCC)c1. The molecule has 244 valence electrons. The Kier molecular flexibility index (Phi) is 20.4. The molecule has 0 saturated carbocycles. The molecule has 0 saturated heterocycles. The van der Waals surface area contributed by atoms with Crippen LogP contribution in [0.2, 0.25) is 0 Å². The Morgan fingerprint density at radius 2 is 0.864 bits per heavy atom. The number of unbranched alkanes of at least 4 members (excludes halogenated alkanes) is 9. The summed E-state index contributed by atoms with van der Waals surface area (Å²) in [7, 11) is 0. The van der Waals surface area contributed by atoms with Gasteiger partial charge >= 0.3 is 0 Å². The van der Waals surface area contributed by atoms with Gasteiger partial charge in [-0.05, 0) is 123 Å². The minimum Gasteiger partial charge on any atom is -0.251 e. The predicted molar refractivity (Wildman–Crippen MR) is 199 cm³/mol. The van der Waals surface area contributed by atoms with Gasteiger partial charge in [0.1, 0.15) is 0 Å². The summed E-state index contributed by atoms with van der Waals surface area (Å²) < 4.78 is 0. The molecule has 2 aromatic rings. The average Bonchev–Trinajstić information content (AvgIpc) is 3.02. The Labute approximate surface area is 273 Å². The molecule has 44 heavy (non-hydrogen) atoms. The fourth-order valence-electron chi connectivity index (χ4n) is 5.82. The average molecular weight is 599 g/mol. The van der Waals surface area contributed by atoms with E-state index in [9.17, 15) is 0 Å². The van der Waals surface area contributed by atoms with Crippen LogP contribution in [-0.4, -0.2) is 11.4 Å². The molecular formula is C42H66N2. The third-order valence-corrected chi connectivity index (χ3v) is 8.44. The van der Waals surface area contributed by atoms with E-state index in [0.717, 1.165) is 74.2 Å². The topological polar surface area (TPSA) is 24.7 Å². The van der Waals surface area contributed by atoms with E-state index in [1.165, 1.54) is 99.3 Å². The molecule has 0 N–H and O–H groups in total. The van der Waals surface area contributed by atoms with Gasteiger partial charge in [0.2, 0.25) is 0 Å². The minimum absolute atomic E-state index is 0.953. The molecule has 0 heterocycles. The van der Waals surface area contributed by atoms with Gasteiger partial charge < -0.3 is 0 Å². The van der Waals surface area contributed by atoms with Crippen LogP contribution < -0.4 is 0 Å². The van der Waals surface area contributed by atoms with Crippen LogP contribution in [0, 0.1) is 0 Å². The Morgan fingerprint density at radius 1 is 0.477 bits per heavy atom. The molecule has 2 aromatic carbocycles. The van der Waals surface area contributed by atoms with Crippen LogP contribution in [0.1, 0.15) is 167 Å². The Morgan fingerprint density at radius 3 is 1.23 bits per heavy atom. The monoisotopic (exact) mass is 599 g/mol. The molecule has 2 heteroatoms. The highest BCUT2D eigenvalue weighted by Gasteiger charge is 2.11. The summed E-state index contributed by atoms with van der Waals surface area (Å²) >= 11 is 0. The highest BCUT2D eigenvalue weighted by Crippen LogP contribution is 2.25. The van der Waals surface area contributed by atoms with Crippen LogP contribution >= 0.6 is 0 Å². The van der Waals surface area contributed by atoms with Gasteiger partial charge in [-0.1, -0.05) is 118 Å². The zero-order valence-electron chi connectivity index (χ0n) is 29.7. The highest BCUT2D eigenvalue weighted by atomic mass is 14.8. The number of nitrogens with zero attached hydrogens (tertiary/aromatic N) is 2. The summed E-state index contributed by atoms with van der Waals surface area (Å²) in [6.07, 6.45) is 28.5. The lowest BCUT2D eigenvalue weighted by molar-refractivity contribution is 0.708. The van der Waals surface area contributed by atoms with Gasteiger partial charge in [-0.25, -0.2) is 4.99 Å². The molecule has 0 spiro atoms. The second kappa shape index (κ2) is 23.8. The van der Waals surface area contributed by atoms with Crippen LogP contribution in [0.25, 0.3) is 0 Å². The first-order valence-corrected chi connectivity index (χ1v) is 18.6. The molecule has 0 aliphatic rings. The molecule has 0 bridgehead atoms. The van der Waals surface area contributed by atoms with Crippen LogP contribution in [0.4, 0.5) is 11.4 Å². The van der Waals surface area contributed by atoms with E-state index in [1.807, 2.05) is 0 Å². The number of hydrogen-bond acceptors (Lipinski definition) is 2. The van der Waals surface area contributed by atoms with Crippen molar-refractivity contribution in [3.8, 4) is 0 Å². The van der Waals surface area contributed by atoms with Crippen molar-refractivity contribution in [3.05, 3.63) is 70.8 Å². The van der Waals surface area contributed by atoms with E-state index in [2.05, 4.69) is 90.1 Å². The van der Waals surface area contributed by atoms with Crippen LogP contribution in [0.15, 0.2) is 58.5 Å². The quantitative estimate of drug-likeness (QED) is 0.0848. The molecule has 0 aliphatic heterocycles. The van der Waals surface area contributed by atoms with E-state index in [1.54, 1.807) is 0 Å². The molecule has 0 aliphatic carbocycles. The van der Waals surface area contributed by atoms with Crippen molar-refractivity contribution in [2.45, 2.75) is 170 Å². The molecule has 0 atom stereocenters. The molecule has 0 amide bonds. The van der Waals surface area contributed by atoms with E-state index in [4.69, 9.17) is 9.98 Å². The lowest BCUT2D eigenvalue weighted by atomic mass is 9.99. The lowest BCUT2D eigenvalue weighted by Crippen LogP contribution is -2.12. The van der Waals surface area contributed by atoms with Gasteiger partial charge in [-0.2, -0.15) is 0 Å². The van der Waals surface area contributed by atoms with Gasteiger partial charge in [-0.3, -0.25) is 4.99 Å². The Bertz CT molecular complexity index is 1080. The predicted octanol–water partition coefficient (Wildman–Crippen LogP) is 13.6. The molecule has 0 aromatic heterocycles. The first-order valence-electron chi connectivity index (χ1n) is 18.6. The lowest BCUT2D eigenvalue weighted by Gasteiger charge is -2.12. The van der Waals surface area contributed by atoms with Crippen molar-refractivity contribution in [1.29, 1.82) is 0 Å². The minimum atomic E-state index is 0.953. The van der Waals surface area contributed by atoms with E-state index < -0.39 is 0 Å². The fourth-order valence-corrected chi connectivity index (χ4v) is 5.82. The maximum Gasteiger partial charge on any atom is 0.0848 e. The number of hydrogen-bond donors (Lipinski definition) is 0. The highest BCUT2D eigenvalue weighted by molar-refractivity contribution is 6.47. The standard InChI is InChI=1S/C42H66N2/c1-7-13-19-23-35-29-36(24-20-14-8-2)32-39(31-35)43-41(27-17-11-5)42(28-18-12-6)44-40-33-37(25-21-15-9-3)30-38(34-40)26-22-16-10-4/h17,27,29-34H,7-16,18-26,28H2,1-6H3. The van der Waals surface area contributed by atoms with Crippen molar-refractivity contribution in [1.82, 2.24) is 0 Å². The summed E-state index contributed by atoms with van der Waals surface area (Å²) in [4.78, 5) is 10.8. The zero-order chi connectivity index (χ0) is 31.8. The summed E-state index contributed by atoms with van der Waals surface area (Å²) in [5, 5.41) is 0. The molecule has 2 rings (SSSR count). The maximum atomic E-state index is 5.42. The molecular weight excluding hydrogens is 532 g/mol. The third kappa shape index (κ3) is 15.5. The van der Waals surface area contributed by atoms with Crippen molar-refractivity contribution in [2.75, 3.05) is 0 Å². The number of allylic oxidation sites excluding steroid dienone is 2. The third-order valence-electron chi connectivity index (χ3n) is 8.44. The number of aliphatic imine (C=N–C) groups is 2. The number of rotatable bonds is 24. The van der Waals surface area contributed by atoms with Gasteiger partial charge in [0, 0.05) is 0 Å². The van der Waals surface area contributed by atoms with Crippen molar-refractivity contribution in [3.63, 3.8) is 0 Å². The summed E-state index contributed by atoms with van der Waals surface area (Å²) in [5.41, 5.74) is 10.1. The van der Waals surface area contributed by atoms with Crippen LogP contribution in [-0.2, 0) is 25.7 Å². The summed E-state index contributed by atoms with van der Waals surface area (Å²) in [6, 6.07) is 14.3. The van der Waals surface area contributed by atoms with Crippen molar-refractivity contribution >= 4 is 22.8 Å². The Balaban J connectivity index is 2.60. The fraction of sp³-hybridized carbons (Fsp3) is 0.619. The number of aryl methyl sites for hydroxylation is 4. The first kappa shape index (κ1) is 37.7. The normalized spacial score (nSPS) is 12.5. The van der Waals surface area contributed by atoms with Gasteiger partial charge in [0.05, 0.1) is 22.8 Å². The van der Waals surface area contributed by atoms with E-state index in [-0.39, 0.29) is 0 Å². The second-order valence-corrected chi connectivity index (χ2v) is 12.8. The van der Waals surface area contributed by atoms with Crippen molar-refractivity contribution in [2.24, 2.45) is 9.98 Å². The summed E-state index contributed by atoms with van der Waals surface area (Å²) in [5.74, 6) is 0. The van der Waals surface area contributed by atoms with Crippen LogP contribution in [0.5, 0.6) is 0 Å². The van der Waals surface area contributed by atoms with Gasteiger partial charge in [0.15, 0.2) is 0 Å². The van der Waals surface area contributed by atoms with E-state index in [0.29, 0.717) is 0 Å².